The molecule has 2 nitrogen and oxygen atoms in total. The molecule has 1 aliphatic heterocycles. The van der Waals surface area contributed by atoms with E-state index in [4.69, 9.17) is 4.74 Å². The van der Waals surface area contributed by atoms with Crippen molar-refractivity contribution in [3.63, 3.8) is 0 Å². The standard InChI is InChI=1S/C13H17Br2NO/c1-16(12-4-6-17-7-5-12)9-10-2-3-11(14)8-13(10)15/h2-3,8,12H,4-7,9H2,1H3. The summed E-state index contributed by atoms with van der Waals surface area (Å²) in [5.74, 6) is 0. The van der Waals surface area contributed by atoms with Crippen LogP contribution in [0.5, 0.6) is 0 Å². The van der Waals surface area contributed by atoms with Crippen molar-refractivity contribution in [3.05, 3.63) is 32.7 Å². The summed E-state index contributed by atoms with van der Waals surface area (Å²) in [5, 5.41) is 0. The maximum atomic E-state index is 5.40. The van der Waals surface area contributed by atoms with E-state index >= 15 is 0 Å². The predicted molar refractivity (Wildman–Crippen MR) is 77.2 cm³/mol. The molecule has 17 heavy (non-hydrogen) atoms. The molecular weight excluding hydrogens is 346 g/mol. The third-order valence-corrected chi connectivity index (χ3v) is 4.48. The Morgan fingerprint density at radius 3 is 2.65 bits per heavy atom. The Labute approximate surface area is 120 Å². The monoisotopic (exact) mass is 361 g/mol. The normalized spacial score (nSPS) is 17.6. The number of nitrogens with zero attached hydrogens (tertiary/aromatic N) is 1. The lowest BCUT2D eigenvalue weighted by atomic mass is 10.1. The van der Waals surface area contributed by atoms with E-state index in [0.29, 0.717) is 6.04 Å². The van der Waals surface area contributed by atoms with Crippen molar-refractivity contribution in [3.8, 4) is 0 Å². The highest BCUT2D eigenvalue weighted by Crippen LogP contribution is 2.24. The van der Waals surface area contributed by atoms with Crippen molar-refractivity contribution in [1.29, 1.82) is 0 Å². The number of rotatable bonds is 3. The molecule has 0 spiro atoms. The Morgan fingerprint density at radius 1 is 1.29 bits per heavy atom. The van der Waals surface area contributed by atoms with Gasteiger partial charge in [0.25, 0.3) is 0 Å². The summed E-state index contributed by atoms with van der Waals surface area (Å²) < 4.78 is 7.68. The molecule has 1 aromatic carbocycles. The molecule has 1 saturated heterocycles. The predicted octanol–water partition coefficient (Wildman–Crippen LogP) is 3.82. The Bertz CT molecular complexity index is 378. The molecular formula is C13H17Br2NO. The summed E-state index contributed by atoms with van der Waals surface area (Å²) in [6.45, 7) is 2.78. The number of hydrogen-bond donors (Lipinski definition) is 0. The molecule has 0 atom stereocenters. The van der Waals surface area contributed by atoms with Crippen LogP contribution in [0.4, 0.5) is 0 Å². The van der Waals surface area contributed by atoms with Crippen molar-refractivity contribution < 1.29 is 4.74 Å². The molecule has 0 N–H and O–H groups in total. The maximum Gasteiger partial charge on any atom is 0.0480 e. The second-order valence-electron chi connectivity index (χ2n) is 4.49. The third-order valence-electron chi connectivity index (χ3n) is 3.25. The topological polar surface area (TPSA) is 12.5 Å². The van der Waals surface area contributed by atoms with Gasteiger partial charge in [0.1, 0.15) is 0 Å². The van der Waals surface area contributed by atoms with Crippen molar-refractivity contribution >= 4 is 31.9 Å². The van der Waals surface area contributed by atoms with E-state index in [1.807, 2.05) is 0 Å². The van der Waals surface area contributed by atoms with Crippen LogP contribution in [0.3, 0.4) is 0 Å². The molecule has 94 valence electrons. The van der Waals surface area contributed by atoms with Crippen molar-refractivity contribution in [2.24, 2.45) is 0 Å². The number of hydrogen-bond acceptors (Lipinski definition) is 2. The van der Waals surface area contributed by atoms with Gasteiger partial charge in [0.05, 0.1) is 0 Å². The fourth-order valence-electron chi connectivity index (χ4n) is 2.17. The molecule has 2 rings (SSSR count). The second-order valence-corrected chi connectivity index (χ2v) is 6.26. The van der Waals surface area contributed by atoms with E-state index in [0.717, 1.165) is 37.1 Å². The van der Waals surface area contributed by atoms with Crippen molar-refractivity contribution in [2.75, 3.05) is 20.3 Å². The zero-order valence-corrected chi connectivity index (χ0v) is 13.1. The Kier molecular flexibility index (Phi) is 5.03. The lowest BCUT2D eigenvalue weighted by molar-refractivity contribution is 0.0406. The molecule has 1 aliphatic rings. The zero-order chi connectivity index (χ0) is 12.3. The van der Waals surface area contributed by atoms with Gasteiger partial charge in [-0.15, -0.1) is 0 Å². The van der Waals surface area contributed by atoms with Gasteiger partial charge in [-0.05, 0) is 37.6 Å². The van der Waals surface area contributed by atoms with E-state index in [-0.39, 0.29) is 0 Å². The fraction of sp³-hybridized carbons (Fsp3) is 0.538. The summed E-state index contributed by atoms with van der Waals surface area (Å²) >= 11 is 7.10. The van der Waals surface area contributed by atoms with Crippen LogP contribution >= 0.6 is 31.9 Å². The summed E-state index contributed by atoms with van der Waals surface area (Å²) in [7, 11) is 2.20. The first-order valence-electron chi connectivity index (χ1n) is 5.89. The summed E-state index contributed by atoms with van der Waals surface area (Å²) in [4.78, 5) is 2.43. The molecule has 4 heteroatoms. The largest absolute Gasteiger partial charge is 0.381 e. The van der Waals surface area contributed by atoms with Gasteiger partial charge in [0.15, 0.2) is 0 Å². The Balaban J connectivity index is 1.99. The minimum atomic E-state index is 0.652. The highest BCUT2D eigenvalue weighted by Gasteiger charge is 2.18. The van der Waals surface area contributed by atoms with Gasteiger partial charge in [-0.3, -0.25) is 4.90 Å². The molecule has 0 saturated carbocycles. The molecule has 0 aromatic heterocycles. The van der Waals surface area contributed by atoms with Gasteiger partial charge in [-0.2, -0.15) is 0 Å². The van der Waals surface area contributed by atoms with Crippen LogP contribution in [-0.4, -0.2) is 31.2 Å². The second kappa shape index (κ2) is 6.32. The van der Waals surface area contributed by atoms with Crippen LogP contribution in [0, 0.1) is 0 Å². The number of halogens is 2. The average Bonchev–Trinajstić information content (AvgIpc) is 2.34. The molecule has 1 fully saturated rings. The van der Waals surface area contributed by atoms with E-state index in [9.17, 15) is 0 Å². The molecule has 0 unspecified atom stereocenters. The molecule has 0 radical (unpaired) electrons. The molecule has 0 bridgehead atoms. The van der Waals surface area contributed by atoms with Crippen molar-refractivity contribution in [1.82, 2.24) is 4.90 Å². The van der Waals surface area contributed by atoms with Gasteiger partial charge < -0.3 is 4.74 Å². The van der Waals surface area contributed by atoms with Crippen LogP contribution in [0.1, 0.15) is 18.4 Å². The lowest BCUT2D eigenvalue weighted by Crippen LogP contribution is -2.36. The van der Waals surface area contributed by atoms with Crippen LogP contribution in [0.15, 0.2) is 27.1 Å². The van der Waals surface area contributed by atoms with Crippen LogP contribution in [0.2, 0.25) is 0 Å². The van der Waals surface area contributed by atoms with Crippen molar-refractivity contribution in [2.45, 2.75) is 25.4 Å². The third kappa shape index (κ3) is 3.78. The minimum Gasteiger partial charge on any atom is -0.381 e. The number of benzene rings is 1. The maximum absolute atomic E-state index is 5.40. The minimum absolute atomic E-state index is 0.652. The summed E-state index contributed by atoms with van der Waals surface area (Å²) in [6, 6.07) is 7.02. The molecule has 0 aliphatic carbocycles. The van der Waals surface area contributed by atoms with Gasteiger partial charge >= 0.3 is 0 Å². The SMILES string of the molecule is CN(Cc1ccc(Br)cc1Br)C1CCOCC1. The lowest BCUT2D eigenvalue weighted by Gasteiger charge is -2.31. The Morgan fingerprint density at radius 2 is 2.00 bits per heavy atom. The molecule has 0 amide bonds. The van der Waals surface area contributed by atoms with E-state index in [1.54, 1.807) is 0 Å². The zero-order valence-electron chi connectivity index (χ0n) is 9.96. The van der Waals surface area contributed by atoms with E-state index in [1.165, 1.54) is 10.0 Å². The van der Waals surface area contributed by atoms with Gasteiger partial charge in [-0.25, -0.2) is 0 Å². The van der Waals surface area contributed by atoms with Crippen LogP contribution in [0.25, 0.3) is 0 Å². The van der Waals surface area contributed by atoms with Gasteiger partial charge in [0, 0.05) is 34.7 Å². The first-order chi connectivity index (χ1) is 8.16. The van der Waals surface area contributed by atoms with Gasteiger partial charge in [-0.1, -0.05) is 37.9 Å². The fourth-order valence-corrected chi connectivity index (χ4v) is 3.35. The Hall–Kier alpha value is 0.1000. The van der Waals surface area contributed by atoms with E-state index < -0.39 is 0 Å². The molecule has 1 aromatic rings. The van der Waals surface area contributed by atoms with Gasteiger partial charge in [0.2, 0.25) is 0 Å². The van der Waals surface area contributed by atoms with Crippen LogP contribution < -0.4 is 0 Å². The first-order valence-corrected chi connectivity index (χ1v) is 7.47. The molecule has 1 heterocycles. The summed E-state index contributed by atoms with van der Waals surface area (Å²) in [5.41, 5.74) is 1.34. The smallest absolute Gasteiger partial charge is 0.0480 e. The quantitative estimate of drug-likeness (QED) is 0.810. The van der Waals surface area contributed by atoms with Crippen LogP contribution in [-0.2, 0) is 11.3 Å². The summed E-state index contributed by atoms with van der Waals surface area (Å²) in [6.07, 6.45) is 2.29. The van der Waals surface area contributed by atoms with E-state index in [2.05, 4.69) is 62.0 Å². The highest BCUT2D eigenvalue weighted by atomic mass is 79.9. The first kappa shape index (κ1) is 13.5. The highest BCUT2D eigenvalue weighted by molar-refractivity contribution is 9.11. The average molecular weight is 363 g/mol. The number of ether oxygens (including phenoxy) is 1.